The largest absolute Gasteiger partial charge is 0.480 e. The Hall–Kier alpha value is -2.13. The van der Waals surface area contributed by atoms with Crippen molar-refractivity contribution in [2.24, 2.45) is 5.14 Å². The monoisotopic (exact) mass is 315 g/mol. The average Bonchev–Trinajstić information content (AvgIpc) is 2.37. The number of amides is 2. The SMILES string of the molecule is CCCN(CC(=O)O)C(=O)Nc1cccc(S(N)(=O)=O)c1. The van der Waals surface area contributed by atoms with E-state index in [-0.39, 0.29) is 17.1 Å². The van der Waals surface area contributed by atoms with Crippen LogP contribution in [0.15, 0.2) is 29.2 Å². The smallest absolute Gasteiger partial charge is 0.323 e. The predicted molar refractivity (Wildman–Crippen MR) is 76.3 cm³/mol. The molecule has 0 bridgehead atoms. The molecule has 4 N–H and O–H groups in total. The maximum atomic E-state index is 12.0. The molecule has 0 heterocycles. The molecule has 116 valence electrons. The molecule has 1 aromatic rings. The van der Waals surface area contributed by atoms with E-state index < -0.39 is 28.6 Å². The van der Waals surface area contributed by atoms with Crippen molar-refractivity contribution in [3.63, 3.8) is 0 Å². The normalized spacial score (nSPS) is 11.0. The van der Waals surface area contributed by atoms with Crippen LogP contribution in [-0.4, -0.2) is 43.5 Å². The minimum absolute atomic E-state index is 0.138. The van der Waals surface area contributed by atoms with E-state index in [1.54, 1.807) is 0 Å². The van der Waals surface area contributed by atoms with Crippen molar-refractivity contribution < 1.29 is 23.1 Å². The zero-order chi connectivity index (χ0) is 16.0. The molecule has 0 aliphatic carbocycles. The van der Waals surface area contributed by atoms with Crippen LogP contribution in [0.25, 0.3) is 0 Å². The molecule has 2 amide bonds. The number of carbonyl (C=O) groups excluding carboxylic acids is 1. The van der Waals surface area contributed by atoms with Crippen LogP contribution in [0, 0.1) is 0 Å². The van der Waals surface area contributed by atoms with E-state index in [0.717, 1.165) is 4.90 Å². The average molecular weight is 315 g/mol. The standard InChI is InChI=1S/C12H17N3O5S/c1-2-6-15(8-11(16)17)12(18)14-9-4-3-5-10(7-9)21(13,19)20/h3-5,7H,2,6,8H2,1H3,(H,14,18)(H,16,17)(H2,13,19,20). The summed E-state index contributed by atoms with van der Waals surface area (Å²) in [7, 11) is -3.87. The number of nitrogens with zero attached hydrogens (tertiary/aromatic N) is 1. The Kier molecular flexibility index (Phi) is 5.68. The van der Waals surface area contributed by atoms with Crippen LogP contribution >= 0.6 is 0 Å². The van der Waals surface area contributed by atoms with E-state index >= 15 is 0 Å². The summed E-state index contributed by atoms with van der Waals surface area (Å²) in [5.41, 5.74) is 0.220. The molecule has 9 heteroatoms. The van der Waals surface area contributed by atoms with Gasteiger partial charge in [-0.1, -0.05) is 13.0 Å². The minimum atomic E-state index is -3.87. The first-order chi connectivity index (χ1) is 9.74. The van der Waals surface area contributed by atoms with Gasteiger partial charge in [-0.2, -0.15) is 0 Å². The summed E-state index contributed by atoms with van der Waals surface area (Å²) in [6.45, 7) is 1.64. The Balaban J connectivity index is 2.88. The van der Waals surface area contributed by atoms with Gasteiger partial charge in [0.15, 0.2) is 0 Å². The number of hydrogen-bond acceptors (Lipinski definition) is 4. The van der Waals surface area contributed by atoms with Gasteiger partial charge in [0, 0.05) is 12.2 Å². The van der Waals surface area contributed by atoms with Gasteiger partial charge in [0.25, 0.3) is 0 Å². The molecule has 1 rings (SSSR count). The molecular weight excluding hydrogens is 298 g/mol. The third-order valence-corrected chi connectivity index (χ3v) is 3.43. The maximum Gasteiger partial charge on any atom is 0.323 e. The first kappa shape index (κ1) is 16.9. The van der Waals surface area contributed by atoms with E-state index in [9.17, 15) is 18.0 Å². The van der Waals surface area contributed by atoms with Crippen LogP contribution in [0.4, 0.5) is 10.5 Å². The quantitative estimate of drug-likeness (QED) is 0.710. The molecule has 21 heavy (non-hydrogen) atoms. The molecule has 0 saturated carbocycles. The fourth-order valence-corrected chi connectivity index (χ4v) is 2.20. The number of primary sulfonamides is 1. The lowest BCUT2D eigenvalue weighted by Crippen LogP contribution is -2.39. The summed E-state index contributed by atoms with van der Waals surface area (Å²) in [5, 5.41) is 16.2. The van der Waals surface area contributed by atoms with Crippen molar-refractivity contribution in [1.29, 1.82) is 0 Å². The fourth-order valence-electron chi connectivity index (χ4n) is 1.64. The number of anilines is 1. The number of hydrogen-bond donors (Lipinski definition) is 3. The number of carboxylic acids is 1. The first-order valence-electron chi connectivity index (χ1n) is 6.14. The van der Waals surface area contributed by atoms with Gasteiger partial charge in [-0.3, -0.25) is 4.79 Å². The summed E-state index contributed by atoms with van der Waals surface area (Å²) in [4.78, 5) is 23.7. The molecule has 0 fully saturated rings. The molecule has 0 radical (unpaired) electrons. The van der Waals surface area contributed by atoms with Crippen molar-refractivity contribution >= 4 is 27.7 Å². The van der Waals surface area contributed by atoms with Gasteiger partial charge in [0.1, 0.15) is 6.54 Å². The Morgan fingerprint density at radius 2 is 2.05 bits per heavy atom. The summed E-state index contributed by atoms with van der Waals surface area (Å²) in [6, 6.07) is 4.80. The lowest BCUT2D eigenvalue weighted by Gasteiger charge is -2.20. The minimum Gasteiger partial charge on any atom is -0.480 e. The lowest BCUT2D eigenvalue weighted by molar-refractivity contribution is -0.137. The summed E-state index contributed by atoms with van der Waals surface area (Å²) >= 11 is 0. The molecular formula is C12H17N3O5S. The van der Waals surface area contributed by atoms with Gasteiger partial charge >= 0.3 is 12.0 Å². The molecule has 1 aromatic carbocycles. The second-order valence-corrected chi connectivity index (χ2v) is 5.88. The van der Waals surface area contributed by atoms with Gasteiger partial charge in [-0.25, -0.2) is 18.4 Å². The molecule has 0 aliphatic heterocycles. The lowest BCUT2D eigenvalue weighted by atomic mass is 10.3. The van der Waals surface area contributed by atoms with Gasteiger partial charge in [0.2, 0.25) is 10.0 Å². The molecule has 0 saturated heterocycles. The fraction of sp³-hybridized carbons (Fsp3) is 0.333. The van der Waals surface area contributed by atoms with Crippen molar-refractivity contribution in [2.75, 3.05) is 18.4 Å². The molecule has 0 aromatic heterocycles. The van der Waals surface area contributed by atoms with E-state index in [4.69, 9.17) is 10.2 Å². The van der Waals surface area contributed by atoms with E-state index in [0.29, 0.717) is 6.42 Å². The zero-order valence-electron chi connectivity index (χ0n) is 11.4. The third-order valence-electron chi connectivity index (χ3n) is 2.52. The van der Waals surface area contributed by atoms with Crippen LogP contribution in [0.1, 0.15) is 13.3 Å². The maximum absolute atomic E-state index is 12.0. The van der Waals surface area contributed by atoms with Crippen LogP contribution in [0.2, 0.25) is 0 Å². The summed E-state index contributed by atoms with van der Waals surface area (Å²) in [6.07, 6.45) is 0.595. The number of aliphatic carboxylic acids is 1. The number of nitrogens with two attached hydrogens (primary N) is 1. The molecule has 0 aliphatic rings. The number of carbonyl (C=O) groups is 2. The van der Waals surface area contributed by atoms with Crippen LogP contribution < -0.4 is 10.5 Å². The molecule has 0 spiro atoms. The van der Waals surface area contributed by atoms with Crippen molar-refractivity contribution in [3.8, 4) is 0 Å². The molecule has 0 atom stereocenters. The van der Waals surface area contributed by atoms with Crippen molar-refractivity contribution in [1.82, 2.24) is 4.90 Å². The van der Waals surface area contributed by atoms with E-state index in [2.05, 4.69) is 5.32 Å². The molecule has 0 unspecified atom stereocenters. The van der Waals surface area contributed by atoms with Gasteiger partial charge in [-0.05, 0) is 24.6 Å². The second kappa shape index (κ2) is 7.04. The highest BCUT2D eigenvalue weighted by molar-refractivity contribution is 7.89. The van der Waals surface area contributed by atoms with Gasteiger partial charge in [0.05, 0.1) is 4.90 Å². The van der Waals surface area contributed by atoms with Crippen molar-refractivity contribution in [3.05, 3.63) is 24.3 Å². The highest BCUT2D eigenvalue weighted by atomic mass is 32.2. The van der Waals surface area contributed by atoms with Crippen molar-refractivity contribution in [2.45, 2.75) is 18.2 Å². The van der Waals surface area contributed by atoms with Crippen LogP contribution in [0.3, 0.4) is 0 Å². The van der Waals surface area contributed by atoms with Gasteiger partial charge < -0.3 is 15.3 Å². The topological polar surface area (TPSA) is 130 Å². The number of rotatable bonds is 6. The molecule has 8 nitrogen and oxygen atoms in total. The van der Waals surface area contributed by atoms with E-state index in [1.807, 2.05) is 6.92 Å². The highest BCUT2D eigenvalue weighted by Gasteiger charge is 2.16. The van der Waals surface area contributed by atoms with Crippen LogP contribution in [-0.2, 0) is 14.8 Å². The number of benzene rings is 1. The zero-order valence-corrected chi connectivity index (χ0v) is 12.3. The Bertz CT molecular complexity index is 630. The predicted octanol–water partition coefficient (Wildman–Crippen LogP) is 0.662. The van der Waals surface area contributed by atoms with Gasteiger partial charge in [-0.15, -0.1) is 0 Å². The second-order valence-electron chi connectivity index (χ2n) is 4.32. The highest BCUT2D eigenvalue weighted by Crippen LogP contribution is 2.14. The Labute approximate surface area is 122 Å². The Morgan fingerprint density at radius 1 is 1.38 bits per heavy atom. The summed E-state index contributed by atoms with van der Waals surface area (Å²) < 4.78 is 22.5. The number of sulfonamides is 1. The number of urea groups is 1. The first-order valence-corrected chi connectivity index (χ1v) is 7.69. The summed E-state index contributed by atoms with van der Waals surface area (Å²) in [5.74, 6) is -1.13. The van der Waals surface area contributed by atoms with E-state index in [1.165, 1.54) is 24.3 Å². The number of carboxylic acid groups (broad SMARTS) is 1. The Morgan fingerprint density at radius 3 is 2.57 bits per heavy atom. The van der Waals surface area contributed by atoms with Crippen LogP contribution in [0.5, 0.6) is 0 Å². The number of nitrogens with one attached hydrogen (secondary N) is 1. The third kappa shape index (κ3) is 5.40.